The summed E-state index contributed by atoms with van der Waals surface area (Å²) in [4.78, 5) is 25.8. The summed E-state index contributed by atoms with van der Waals surface area (Å²) in [6, 6.07) is 6.56. The molecule has 2 aliphatic heterocycles. The number of piperidine rings is 1. The summed E-state index contributed by atoms with van der Waals surface area (Å²) in [7, 11) is 0. The highest BCUT2D eigenvalue weighted by Gasteiger charge is 2.40. The van der Waals surface area contributed by atoms with Crippen molar-refractivity contribution in [2.75, 3.05) is 18.8 Å². The second-order valence-corrected chi connectivity index (χ2v) is 8.18. The Hall–Kier alpha value is -1.49. The van der Waals surface area contributed by atoms with Crippen LogP contribution in [0.5, 0.6) is 0 Å². The Balaban J connectivity index is 1.44. The zero-order valence-corrected chi connectivity index (χ0v) is 15.4. The van der Waals surface area contributed by atoms with Crippen molar-refractivity contribution in [3.63, 3.8) is 0 Å². The minimum Gasteiger partial charge on any atom is -0.351 e. The van der Waals surface area contributed by atoms with Crippen molar-refractivity contribution in [3.05, 3.63) is 34.9 Å². The van der Waals surface area contributed by atoms with E-state index in [-0.39, 0.29) is 17.4 Å². The second kappa shape index (κ2) is 7.18. The quantitative estimate of drug-likeness (QED) is 0.912. The van der Waals surface area contributed by atoms with E-state index in [0.29, 0.717) is 12.2 Å². The third-order valence-corrected chi connectivity index (χ3v) is 6.07. The predicted molar refractivity (Wildman–Crippen MR) is 98.0 cm³/mol. The number of nitrogens with one attached hydrogen (secondary N) is 1. The maximum absolute atomic E-state index is 12.4. The van der Waals surface area contributed by atoms with Gasteiger partial charge in [-0.2, -0.15) is 0 Å². The van der Waals surface area contributed by atoms with E-state index in [1.54, 1.807) is 11.8 Å². The molecule has 5 heteroatoms. The van der Waals surface area contributed by atoms with E-state index < -0.39 is 0 Å². The van der Waals surface area contributed by atoms with Gasteiger partial charge in [-0.25, -0.2) is 0 Å². The molecule has 0 aliphatic carbocycles. The van der Waals surface area contributed by atoms with Crippen LogP contribution in [0.1, 0.15) is 42.4 Å². The molecule has 2 amide bonds. The largest absolute Gasteiger partial charge is 0.351 e. The number of nitrogens with zero attached hydrogens (tertiary/aromatic N) is 1. The Morgan fingerprint density at radius 3 is 2.42 bits per heavy atom. The van der Waals surface area contributed by atoms with Crippen LogP contribution in [-0.4, -0.2) is 41.1 Å². The van der Waals surface area contributed by atoms with Crippen LogP contribution >= 0.6 is 11.8 Å². The third-order valence-electron chi connectivity index (χ3n) is 5.08. The van der Waals surface area contributed by atoms with E-state index in [0.717, 1.165) is 38.1 Å². The van der Waals surface area contributed by atoms with Crippen LogP contribution in [0.3, 0.4) is 0 Å². The fourth-order valence-corrected chi connectivity index (χ4v) is 4.69. The first-order valence-corrected chi connectivity index (χ1v) is 9.85. The normalized spacial score (nSPS) is 19.6. The number of hydrogen-bond donors (Lipinski definition) is 1. The summed E-state index contributed by atoms with van der Waals surface area (Å²) in [5.74, 6) is 1.80. The third kappa shape index (κ3) is 4.12. The Bertz CT molecular complexity index is 616. The number of carbonyl (C=O) groups excluding carboxylic acids is 2. The SMILES string of the molecule is Cc1cc(C)cc(CSCC(=O)N2CCC3(CCC(=O)N3)CC2)c1. The minimum atomic E-state index is -0.0277. The zero-order valence-electron chi connectivity index (χ0n) is 14.6. The van der Waals surface area contributed by atoms with Gasteiger partial charge in [0.15, 0.2) is 0 Å². The van der Waals surface area contributed by atoms with Gasteiger partial charge in [0.1, 0.15) is 0 Å². The van der Waals surface area contributed by atoms with Gasteiger partial charge in [-0.05, 0) is 38.7 Å². The van der Waals surface area contributed by atoms with Gasteiger partial charge in [0, 0.05) is 30.8 Å². The lowest BCUT2D eigenvalue weighted by molar-refractivity contribution is -0.130. The van der Waals surface area contributed by atoms with E-state index in [9.17, 15) is 9.59 Å². The number of likely N-dealkylation sites (tertiary alicyclic amines) is 1. The smallest absolute Gasteiger partial charge is 0.232 e. The molecule has 2 saturated heterocycles. The van der Waals surface area contributed by atoms with Gasteiger partial charge in [-0.3, -0.25) is 9.59 Å². The monoisotopic (exact) mass is 346 g/mol. The second-order valence-electron chi connectivity index (χ2n) is 7.20. The molecular formula is C19H26N2O2S. The molecule has 0 aromatic heterocycles. The molecule has 0 unspecified atom stereocenters. The standard InChI is InChI=1S/C19H26N2O2S/c1-14-9-15(2)11-16(10-14)12-24-13-18(23)21-7-5-19(6-8-21)4-3-17(22)20-19/h9-11H,3-8,12-13H2,1-2H3,(H,20,22). The van der Waals surface area contributed by atoms with Crippen molar-refractivity contribution in [1.82, 2.24) is 10.2 Å². The van der Waals surface area contributed by atoms with E-state index >= 15 is 0 Å². The molecular weight excluding hydrogens is 320 g/mol. The van der Waals surface area contributed by atoms with E-state index in [1.165, 1.54) is 16.7 Å². The predicted octanol–water partition coefficient (Wildman–Crippen LogP) is 2.81. The molecule has 1 spiro atoms. The number of benzene rings is 1. The van der Waals surface area contributed by atoms with Crippen LogP contribution in [0, 0.1) is 13.8 Å². The first-order valence-electron chi connectivity index (χ1n) is 8.70. The highest BCUT2D eigenvalue weighted by molar-refractivity contribution is 7.99. The highest BCUT2D eigenvalue weighted by atomic mass is 32.2. The summed E-state index contributed by atoms with van der Waals surface area (Å²) in [6.07, 6.45) is 3.35. The van der Waals surface area contributed by atoms with Crippen molar-refractivity contribution in [2.24, 2.45) is 0 Å². The molecule has 0 radical (unpaired) electrons. The minimum absolute atomic E-state index is 0.0277. The lowest BCUT2D eigenvalue weighted by atomic mass is 9.86. The maximum atomic E-state index is 12.4. The first kappa shape index (κ1) is 17.3. The van der Waals surface area contributed by atoms with Crippen LogP contribution in [0.4, 0.5) is 0 Å². The summed E-state index contributed by atoms with van der Waals surface area (Å²) < 4.78 is 0. The van der Waals surface area contributed by atoms with E-state index in [4.69, 9.17) is 0 Å². The van der Waals surface area contributed by atoms with Gasteiger partial charge in [0.25, 0.3) is 0 Å². The van der Waals surface area contributed by atoms with E-state index in [2.05, 4.69) is 37.4 Å². The Labute approximate surface area is 148 Å². The average Bonchev–Trinajstić information content (AvgIpc) is 2.87. The molecule has 4 nitrogen and oxygen atoms in total. The molecule has 0 saturated carbocycles. The summed E-state index contributed by atoms with van der Waals surface area (Å²) in [5.41, 5.74) is 3.81. The highest BCUT2D eigenvalue weighted by Crippen LogP contribution is 2.31. The van der Waals surface area contributed by atoms with Gasteiger partial charge in [0.05, 0.1) is 5.75 Å². The summed E-state index contributed by atoms with van der Waals surface area (Å²) in [6.45, 7) is 5.75. The molecule has 3 rings (SSSR count). The Morgan fingerprint density at radius 1 is 1.17 bits per heavy atom. The molecule has 130 valence electrons. The number of rotatable bonds is 4. The summed E-state index contributed by atoms with van der Waals surface area (Å²) >= 11 is 1.69. The maximum Gasteiger partial charge on any atom is 0.232 e. The van der Waals surface area contributed by atoms with Crippen LogP contribution in [0.15, 0.2) is 18.2 Å². The van der Waals surface area contributed by atoms with Gasteiger partial charge in [-0.15, -0.1) is 11.8 Å². The molecule has 2 heterocycles. The van der Waals surface area contributed by atoms with Crippen LogP contribution in [-0.2, 0) is 15.3 Å². The lowest BCUT2D eigenvalue weighted by Gasteiger charge is -2.39. The van der Waals surface area contributed by atoms with Crippen molar-refractivity contribution in [2.45, 2.75) is 50.8 Å². The van der Waals surface area contributed by atoms with Gasteiger partial charge in [-0.1, -0.05) is 29.3 Å². The summed E-state index contributed by atoms with van der Waals surface area (Å²) in [5, 5.41) is 3.12. The molecule has 24 heavy (non-hydrogen) atoms. The lowest BCUT2D eigenvalue weighted by Crippen LogP contribution is -2.52. The molecule has 1 aromatic carbocycles. The molecule has 0 bridgehead atoms. The topological polar surface area (TPSA) is 49.4 Å². The van der Waals surface area contributed by atoms with Crippen molar-refractivity contribution in [1.29, 1.82) is 0 Å². The van der Waals surface area contributed by atoms with Crippen LogP contribution in [0.25, 0.3) is 0 Å². The fourth-order valence-electron chi connectivity index (χ4n) is 3.83. The molecule has 1 N–H and O–H groups in total. The van der Waals surface area contributed by atoms with Crippen molar-refractivity contribution >= 4 is 23.6 Å². The Kier molecular flexibility index (Phi) is 5.18. The van der Waals surface area contributed by atoms with Crippen LogP contribution in [0.2, 0.25) is 0 Å². The van der Waals surface area contributed by atoms with Gasteiger partial charge in [0.2, 0.25) is 11.8 Å². The van der Waals surface area contributed by atoms with E-state index in [1.807, 2.05) is 4.90 Å². The van der Waals surface area contributed by atoms with Crippen LogP contribution < -0.4 is 5.32 Å². The van der Waals surface area contributed by atoms with Crippen molar-refractivity contribution < 1.29 is 9.59 Å². The number of carbonyl (C=O) groups is 2. The van der Waals surface area contributed by atoms with Gasteiger partial charge < -0.3 is 10.2 Å². The average molecular weight is 346 g/mol. The van der Waals surface area contributed by atoms with Gasteiger partial charge >= 0.3 is 0 Å². The Morgan fingerprint density at radius 2 is 1.83 bits per heavy atom. The van der Waals surface area contributed by atoms with Crippen molar-refractivity contribution in [3.8, 4) is 0 Å². The number of thioether (sulfide) groups is 1. The number of aryl methyl sites for hydroxylation is 2. The fraction of sp³-hybridized carbons (Fsp3) is 0.579. The molecule has 0 atom stereocenters. The first-order chi connectivity index (χ1) is 11.5. The molecule has 1 aromatic rings. The number of amides is 2. The molecule has 2 aliphatic rings. The zero-order chi connectivity index (χ0) is 17.2. The number of hydrogen-bond acceptors (Lipinski definition) is 3. The molecule has 2 fully saturated rings.